The first-order valence-electron chi connectivity index (χ1n) is 7.38. The van der Waals surface area contributed by atoms with E-state index in [9.17, 15) is 0 Å². The van der Waals surface area contributed by atoms with E-state index in [4.69, 9.17) is 22.3 Å². The van der Waals surface area contributed by atoms with Crippen molar-refractivity contribution in [3.05, 3.63) is 58.6 Å². The lowest BCUT2D eigenvalue weighted by Gasteiger charge is -2.06. The first-order chi connectivity index (χ1) is 11.6. The number of anilines is 1. The van der Waals surface area contributed by atoms with Gasteiger partial charge in [-0.3, -0.25) is 4.98 Å². The van der Waals surface area contributed by atoms with E-state index in [1.807, 2.05) is 49.4 Å². The number of pyridine rings is 1. The summed E-state index contributed by atoms with van der Waals surface area (Å²) in [5, 5.41) is 0.692. The molecule has 0 fully saturated rings. The summed E-state index contributed by atoms with van der Waals surface area (Å²) in [7, 11) is 0. The van der Waals surface area contributed by atoms with E-state index in [1.54, 1.807) is 17.5 Å². The largest absolute Gasteiger partial charge is 0.382 e. The molecule has 1 aromatic carbocycles. The average molecular weight is 353 g/mol. The van der Waals surface area contributed by atoms with Crippen molar-refractivity contribution in [2.24, 2.45) is 0 Å². The molecule has 3 aromatic heterocycles. The molecule has 0 saturated carbocycles. The molecule has 0 saturated heterocycles. The van der Waals surface area contributed by atoms with Crippen LogP contribution in [0, 0.1) is 6.92 Å². The van der Waals surface area contributed by atoms with Crippen LogP contribution in [0.4, 0.5) is 5.82 Å². The van der Waals surface area contributed by atoms with E-state index in [0.29, 0.717) is 22.4 Å². The van der Waals surface area contributed by atoms with Crippen LogP contribution >= 0.6 is 22.9 Å². The van der Waals surface area contributed by atoms with Crippen LogP contribution in [0.5, 0.6) is 0 Å². The van der Waals surface area contributed by atoms with Gasteiger partial charge in [-0.2, -0.15) is 0 Å². The Morgan fingerprint density at radius 2 is 1.83 bits per heavy atom. The van der Waals surface area contributed by atoms with Crippen molar-refractivity contribution < 1.29 is 0 Å². The summed E-state index contributed by atoms with van der Waals surface area (Å²) in [5.41, 5.74) is 9.66. The van der Waals surface area contributed by atoms with E-state index in [0.717, 1.165) is 26.2 Å². The Balaban J connectivity index is 2.03. The van der Waals surface area contributed by atoms with Gasteiger partial charge >= 0.3 is 0 Å². The van der Waals surface area contributed by atoms with Gasteiger partial charge in [0.25, 0.3) is 0 Å². The predicted molar refractivity (Wildman–Crippen MR) is 100 cm³/mol. The van der Waals surface area contributed by atoms with Gasteiger partial charge in [-0.05, 0) is 25.1 Å². The number of aromatic nitrogens is 3. The molecule has 0 radical (unpaired) electrons. The van der Waals surface area contributed by atoms with E-state index < -0.39 is 0 Å². The molecule has 2 N–H and O–H groups in total. The molecule has 0 unspecified atom stereocenters. The summed E-state index contributed by atoms with van der Waals surface area (Å²) in [4.78, 5) is 14.6. The molecule has 24 heavy (non-hydrogen) atoms. The molecule has 0 aliphatic carbocycles. The fraction of sp³-hybridized carbons (Fsp3) is 0.0556. The Bertz CT molecular complexity index is 1040. The third-order valence-electron chi connectivity index (χ3n) is 3.77. The number of fused-ring (bicyclic) bond motifs is 1. The Morgan fingerprint density at radius 3 is 2.58 bits per heavy atom. The average Bonchev–Trinajstić information content (AvgIpc) is 2.93. The first kappa shape index (κ1) is 15.1. The van der Waals surface area contributed by atoms with Gasteiger partial charge in [0, 0.05) is 27.2 Å². The first-order valence-corrected chi connectivity index (χ1v) is 8.57. The molecule has 0 aliphatic heterocycles. The van der Waals surface area contributed by atoms with Crippen molar-refractivity contribution in [1.29, 1.82) is 0 Å². The highest BCUT2D eigenvalue weighted by Crippen LogP contribution is 2.42. The Morgan fingerprint density at radius 1 is 1.04 bits per heavy atom. The SMILES string of the molecule is Cc1sc2c(N)nc(-c3ccccn3)nc2c1-c1ccccc1Cl. The molecule has 0 amide bonds. The van der Waals surface area contributed by atoms with Crippen LogP contribution < -0.4 is 5.73 Å². The molecule has 0 atom stereocenters. The third-order valence-corrected chi connectivity index (χ3v) is 5.22. The van der Waals surface area contributed by atoms with Crippen LogP contribution in [0.25, 0.3) is 32.9 Å². The van der Waals surface area contributed by atoms with Gasteiger partial charge in [0.05, 0.1) is 10.2 Å². The van der Waals surface area contributed by atoms with Crippen molar-refractivity contribution in [2.45, 2.75) is 6.92 Å². The number of aryl methyl sites for hydroxylation is 1. The highest BCUT2D eigenvalue weighted by Gasteiger charge is 2.19. The normalized spacial score (nSPS) is 11.1. The molecular weight excluding hydrogens is 340 g/mol. The summed E-state index contributed by atoms with van der Waals surface area (Å²) in [6, 6.07) is 13.4. The molecule has 0 aliphatic rings. The van der Waals surface area contributed by atoms with Crippen LogP contribution in [-0.4, -0.2) is 15.0 Å². The minimum Gasteiger partial charge on any atom is -0.382 e. The van der Waals surface area contributed by atoms with Gasteiger partial charge in [-0.15, -0.1) is 11.3 Å². The van der Waals surface area contributed by atoms with E-state index >= 15 is 0 Å². The highest BCUT2D eigenvalue weighted by atomic mass is 35.5. The summed E-state index contributed by atoms with van der Waals surface area (Å²) in [5.74, 6) is 0.985. The number of benzene rings is 1. The zero-order chi connectivity index (χ0) is 16.7. The van der Waals surface area contributed by atoms with Crippen molar-refractivity contribution in [3.63, 3.8) is 0 Å². The summed E-state index contributed by atoms with van der Waals surface area (Å²) < 4.78 is 0.877. The number of hydrogen-bond donors (Lipinski definition) is 1. The minimum absolute atomic E-state index is 0.465. The zero-order valence-corrected chi connectivity index (χ0v) is 14.4. The third kappa shape index (κ3) is 2.42. The molecule has 4 nitrogen and oxygen atoms in total. The van der Waals surface area contributed by atoms with Crippen molar-refractivity contribution in [2.75, 3.05) is 5.73 Å². The number of hydrogen-bond acceptors (Lipinski definition) is 5. The second-order valence-electron chi connectivity index (χ2n) is 5.34. The fourth-order valence-electron chi connectivity index (χ4n) is 2.70. The molecule has 6 heteroatoms. The maximum absolute atomic E-state index is 6.40. The molecule has 118 valence electrons. The van der Waals surface area contributed by atoms with Crippen molar-refractivity contribution in [3.8, 4) is 22.6 Å². The fourth-order valence-corrected chi connectivity index (χ4v) is 3.94. The van der Waals surface area contributed by atoms with E-state index in [1.165, 1.54) is 0 Å². The van der Waals surface area contributed by atoms with Gasteiger partial charge in [0.1, 0.15) is 11.5 Å². The Hall–Kier alpha value is -2.50. The van der Waals surface area contributed by atoms with Crippen molar-refractivity contribution in [1.82, 2.24) is 15.0 Å². The predicted octanol–water partition coefficient (Wildman–Crippen LogP) is 4.96. The second kappa shape index (κ2) is 5.85. The van der Waals surface area contributed by atoms with Gasteiger partial charge in [0.2, 0.25) is 0 Å². The number of nitrogen functional groups attached to an aromatic ring is 1. The molecule has 4 aromatic rings. The van der Waals surface area contributed by atoms with E-state index in [-0.39, 0.29) is 0 Å². The van der Waals surface area contributed by atoms with E-state index in [2.05, 4.69) is 9.97 Å². The van der Waals surface area contributed by atoms with Gasteiger partial charge < -0.3 is 5.73 Å². The molecule has 4 rings (SSSR count). The summed E-state index contributed by atoms with van der Waals surface area (Å²) >= 11 is 7.99. The zero-order valence-electron chi connectivity index (χ0n) is 12.8. The lowest BCUT2D eigenvalue weighted by molar-refractivity contribution is 1.19. The van der Waals surface area contributed by atoms with Crippen LogP contribution in [0.15, 0.2) is 48.7 Å². The molecule has 0 bridgehead atoms. The smallest absolute Gasteiger partial charge is 0.180 e. The van der Waals surface area contributed by atoms with Gasteiger partial charge in [-0.1, -0.05) is 35.9 Å². The number of nitrogens with zero attached hydrogens (tertiary/aromatic N) is 3. The summed E-state index contributed by atoms with van der Waals surface area (Å²) in [6.07, 6.45) is 1.72. The second-order valence-corrected chi connectivity index (χ2v) is 6.97. The lowest BCUT2D eigenvalue weighted by Crippen LogP contribution is -1.97. The van der Waals surface area contributed by atoms with Gasteiger partial charge in [0.15, 0.2) is 5.82 Å². The number of nitrogens with two attached hydrogens (primary N) is 1. The number of rotatable bonds is 2. The quantitative estimate of drug-likeness (QED) is 0.553. The standard InChI is InChI=1S/C18H13ClN4S/c1-10-14(11-6-2-3-7-12(11)19)15-16(24-10)17(20)23-18(22-15)13-8-4-5-9-21-13/h2-9H,1H3,(H2,20,22,23). The van der Waals surface area contributed by atoms with Crippen LogP contribution in [0.1, 0.15) is 4.88 Å². The van der Waals surface area contributed by atoms with Crippen LogP contribution in [-0.2, 0) is 0 Å². The lowest BCUT2D eigenvalue weighted by atomic mass is 10.1. The number of halogens is 1. The van der Waals surface area contributed by atoms with Crippen molar-refractivity contribution >= 4 is 39.0 Å². The van der Waals surface area contributed by atoms with Gasteiger partial charge in [-0.25, -0.2) is 9.97 Å². The maximum atomic E-state index is 6.40. The van der Waals surface area contributed by atoms with Crippen LogP contribution in [0.2, 0.25) is 5.02 Å². The summed E-state index contributed by atoms with van der Waals surface area (Å²) in [6.45, 7) is 2.05. The Kier molecular flexibility index (Phi) is 3.67. The monoisotopic (exact) mass is 352 g/mol. The highest BCUT2D eigenvalue weighted by molar-refractivity contribution is 7.20. The topological polar surface area (TPSA) is 64.7 Å². The molecular formula is C18H13ClN4S. The maximum Gasteiger partial charge on any atom is 0.180 e. The minimum atomic E-state index is 0.465. The Labute approximate surface area is 148 Å². The number of thiophene rings is 1. The van der Waals surface area contributed by atoms with Crippen LogP contribution in [0.3, 0.4) is 0 Å². The molecule has 3 heterocycles. The molecule has 0 spiro atoms.